The first-order chi connectivity index (χ1) is 27.4. The summed E-state index contributed by atoms with van der Waals surface area (Å²) in [6.45, 7) is 14.5. The molecule has 0 saturated heterocycles. The van der Waals surface area contributed by atoms with Crippen molar-refractivity contribution in [1.29, 1.82) is 0 Å². The van der Waals surface area contributed by atoms with Gasteiger partial charge in [0.25, 0.3) is 0 Å². The standard InChI is InChI=1S/C46H72N6O5/c1-31(2)12-10-13-32(3)37-19-20-38-36-18-17-34-30-35(22-25-45(34,4)39(36)23-26-46(37,38)5)47-27-11-28-48-42(54)24-29-49-41(53)15-9-7-6-8-14-33-16-21-40(52(55)56)44-43(33)50-57-51-44/h16-17,21,31-32,35-39,47H,6-15,18-20,22-30H2,1-5H3,(H,48,54)(H,49,53)/t32?,35-,36?,37+,38?,39?,45-,46+/m0/s1. The number of nitro benzene ring substituents is 1. The first-order valence-corrected chi connectivity index (χ1v) is 22.8. The molecule has 1 aromatic carbocycles. The largest absolute Gasteiger partial charge is 0.356 e. The van der Waals surface area contributed by atoms with Gasteiger partial charge >= 0.3 is 5.69 Å². The molecule has 1 heterocycles. The van der Waals surface area contributed by atoms with Crippen molar-refractivity contribution in [2.45, 2.75) is 163 Å². The van der Waals surface area contributed by atoms with Crippen LogP contribution in [0.15, 0.2) is 28.4 Å². The van der Waals surface area contributed by atoms with Crippen LogP contribution in [0, 0.1) is 56.5 Å². The highest BCUT2D eigenvalue weighted by molar-refractivity contribution is 5.85. The van der Waals surface area contributed by atoms with Crippen LogP contribution in [0.25, 0.3) is 11.0 Å². The third-order valence-electron chi connectivity index (χ3n) is 15.4. The van der Waals surface area contributed by atoms with E-state index in [9.17, 15) is 19.7 Å². The maximum atomic E-state index is 12.4. The van der Waals surface area contributed by atoms with Crippen molar-refractivity contribution in [3.8, 4) is 0 Å². The number of benzene rings is 1. The van der Waals surface area contributed by atoms with E-state index in [1.807, 2.05) is 0 Å². The summed E-state index contributed by atoms with van der Waals surface area (Å²) in [6.07, 6.45) is 23.4. The molecule has 1 aromatic heterocycles. The van der Waals surface area contributed by atoms with E-state index in [0.717, 1.165) is 79.7 Å². The van der Waals surface area contributed by atoms with Crippen LogP contribution in [0.4, 0.5) is 5.69 Å². The predicted octanol–water partition coefficient (Wildman–Crippen LogP) is 9.64. The Labute approximate surface area is 341 Å². The molecule has 0 bridgehead atoms. The first-order valence-electron chi connectivity index (χ1n) is 22.8. The Morgan fingerprint density at radius 2 is 1.63 bits per heavy atom. The molecule has 3 fully saturated rings. The predicted molar refractivity (Wildman–Crippen MR) is 225 cm³/mol. The van der Waals surface area contributed by atoms with Gasteiger partial charge in [0.2, 0.25) is 17.3 Å². The van der Waals surface area contributed by atoms with Gasteiger partial charge in [-0.25, -0.2) is 4.63 Å². The zero-order chi connectivity index (χ0) is 40.6. The summed E-state index contributed by atoms with van der Waals surface area (Å²) in [5, 5.41) is 28.5. The summed E-state index contributed by atoms with van der Waals surface area (Å²) in [4.78, 5) is 35.4. The zero-order valence-electron chi connectivity index (χ0n) is 35.7. The molecule has 4 aliphatic carbocycles. The van der Waals surface area contributed by atoms with Crippen LogP contribution in [0.3, 0.4) is 0 Å². The van der Waals surface area contributed by atoms with E-state index < -0.39 is 4.92 Å². The van der Waals surface area contributed by atoms with Gasteiger partial charge in [0.15, 0.2) is 0 Å². The molecular weight excluding hydrogens is 717 g/mol. The van der Waals surface area contributed by atoms with Crippen molar-refractivity contribution in [3.05, 3.63) is 39.5 Å². The number of aromatic nitrogens is 2. The molecule has 4 aliphatic rings. The maximum Gasteiger partial charge on any atom is 0.300 e. The summed E-state index contributed by atoms with van der Waals surface area (Å²) >= 11 is 0. The molecule has 4 unspecified atom stereocenters. The monoisotopic (exact) mass is 789 g/mol. The Morgan fingerprint density at radius 3 is 2.44 bits per heavy atom. The Bertz CT molecular complexity index is 1710. The number of rotatable bonds is 21. The number of non-ortho nitro benzene ring substituents is 1. The third kappa shape index (κ3) is 10.3. The molecule has 3 N–H and O–H groups in total. The van der Waals surface area contributed by atoms with E-state index in [1.165, 1.54) is 76.7 Å². The smallest absolute Gasteiger partial charge is 0.300 e. The summed E-state index contributed by atoms with van der Waals surface area (Å²) in [5.41, 5.74) is 4.02. The van der Waals surface area contributed by atoms with Crippen molar-refractivity contribution in [3.63, 3.8) is 0 Å². The van der Waals surface area contributed by atoms with Crippen LogP contribution in [0.5, 0.6) is 0 Å². The molecule has 316 valence electrons. The lowest BCUT2D eigenvalue weighted by Crippen LogP contribution is -2.51. The fourth-order valence-electron chi connectivity index (χ4n) is 12.2. The Balaban J connectivity index is 0.808. The maximum absolute atomic E-state index is 12.4. The van der Waals surface area contributed by atoms with Gasteiger partial charge in [-0.1, -0.05) is 78.4 Å². The highest BCUT2D eigenvalue weighted by atomic mass is 16.6. The number of unbranched alkanes of at least 4 members (excludes halogenated alkanes) is 3. The van der Waals surface area contributed by atoms with Crippen molar-refractivity contribution in [1.82, 2.24) is 26.3 Å². The fraction of sp³-hybridized carbons (Fsp3) is 0.783. The summed E-state index contributed by atoms with van der Waals surface area (Å²) in [6, 6.07) is 3.68. The molecule has 8 atom stereocenters. The van der Waals surface area contributed by atoms with E-state index in [4.69, 9.17) is 4.63 Å². The molecule has 2 aromatic rings. The van der Waals surface area contributed by atoms with Crippen molar-refractivity contribution in [2.75, 3.05) is 19.6 Å². The molecule has 0 spiro atoms. The van der Waals surface area contributed by atoms with Crippen molar-refractivity contribution in [2.24, 2.45) is 46.3 Å². The van der Waals surface area contributed by atoms with Crippen molar-refractivity contribution < 1.29 is 19.1 Å². The lowest BCUT2D eigenvalue weighted by atomic mass is 9.47. The number of carbonyl (C=O) groups excluding carboxylic acids is 2. The van der Waals surface area contributed by atoms with Crippen LogP contribution in [-0.2, 0) is 16.0 Å². The Morgan fingerprint density at radius 1 is 0.860 bits per heavy atom. The highest BCUT2D eigenvalue weighted by Crippen LogP contribution is 2.67. The Kier molecular flexibility index (Phi) is 14.9. The van der Waals surface area contributed by atoms with Crippen LogP contribution in [0.1, 0.15) is 156 Å². The van der Waals surface area contributed by atoms with Gasteiger partial charge < -0.3 is 16.0 Å². The number of hydrogen-bond donors (Lipinski definition) is 3. The van der Waals surface area contributed by atoms with Gasteiger partial charge in [-0.2, -0.15) is 0 Å². The van der Waals surface area contributed by atoms with E-state index >= 15 is 0 Å². The first kappa shape index (κ1) is 43.2. The normalized spacial score (nSPS) is 28.7. The van der Waals surface area contributed by atoms with E-state index in [2.05, 4.69) is 67.0 Å². The quantitative estimate of drug-likeness (QED) is 0.0490. The second-order valence-corrected chi connectivity index (χ2v) is 19.4. The van der Waals surface area contributed by atoms with Crippen LogP contribution >= 0.6 is 0 Å². The number of carbonyl (C=O) groups is 2. The van der Waals surface area contributed by atoms with Crippen molar-refractivity contribution >= 4 is 28.5 Å². The number of nitro groups is 1. The van der Waals surface area contributed by atoms with Gasteiger partial charge in [-0.15, -0.1) is 0 Å². The van der Waals surface area contributed by atoms with Gasteiger partial charge in [-0.3, -0.25) is 19.7 Å². The molecule has 11 nitrogen and oxygen atoms in total. The number of nitrogens with zero attached hydrogens (tertiary/aromatic N) is 3. The average Bonchev–Trinajstić information content (AvgIpc) is 3.81. The molecule has 2 amide bonds. The van der Waals surface area contributed by atoms with E-state index in [0.29, 0.717) is 48.3 Å². The minimum absolute atomic E-state index is 0.0222. The molecule has 0 aliphatic heterocycles. The minimum Gasteiger partial charge on any atom is -0.356 e. The van der Waals surface area contributed by atoms with E-state index in [-0.39, 0.29) is 29.4 Å². The van der Waals surface area contributed by atoms with E-state index in [1.54, 1.807) is 11.6 Å². The lowest BCUT2D eigenvalue weighted by Gasteiger charge is -2.58. The minimum atomic E-state index is -0.485. The number of aryl methyl sites for hydroxylation is 1. The van der Waals surface area contributed by atoms with Gasteiger partial charge in [0.1, 0.15) is 5.52 Å². The molecule has 3 saturated carbocycles. The number of hydrogen-bond acceptors (Lipinski definition) is 8. The third-order valence-corrected chi connectivity index (χ3v) is 15.4. The molecular formula is C46H72N6O5. The zero-order valence-corrected chi connectivity index (χ0v) is 35.7. The summed E-state index contributed by atoms with van der Waals surface area (Å²) in [5.74, 6) is 5.17. The van der Waals surface area contributed by atoms with Crippen LogP contribution < -0.4 is 16.0 Å². The molecule has 57 heavy (non-hydrogen) atoms. The average molecular weight is 789 g/mol. The number of nitrogens with one attached hydrogen (secondary N) is 3. The lowest BCUT2D eigenvalue weighted by molar-refractivity contribution is -0.383. The SMILES string of the molecule is CC(C)CCCC(C)[C@H]1CCC2C3CC=C4C[C@@H](NCCCNC(=O)CCNC(=O)CCCCCCc5ccc([N+](=O)[O-])c6nonc56)CC[C@]4(C)C3CC[C@@]21C. The second kappa shape index (κ2) is 19.6. The van der Waals surface area contributed by atoms with Gasteiger partial charge in [0, 0.05) is 38.0 Å². The second-order valence-electron chi connectivity index (χ2n) is 19.4. The summed E-state index contributed by atoms with van der Waals surface area (Å²) in [7, 11) is 0. The molecule has 6 rings (SSSR count). The Hall–Kier alpha value is -3.34. The van der Waals surface area contributed by atoms with Gasteiger partial charge in [-0.05, 0) is 152 Å². The number of fused-ring (bicyclic) bond motifs is 6. The van der Waals surface area contributed by atoms with Crippen LogP contribution in [-0.4, -0.2) is 52.7 Å². The molecule has 0 radical (unpaired) electrons. The number of amides is 2. The van der Waals surface area contributed by atoms with Crippen LogP contribution in [0.2, 0.25) is 0 Å². The topological polar surface area (TPSA) is 152 Å². The van der Waals surface area contributed by atoms with Gasteiger partial charge in [0.05, 0.1) is 4.92 Å². The number of allylic oxidation sites excluding steroid dienone is 1. The summed E-state index contributed by atoms with van der Waals surface area (Å²) < 4.78 is 4.74. The highest BCUT2D eigenvalue weighted by Gasteiger charge is 2.59. The fourth-order valence-corrected chi connectivity index (χ4v) is 12.2. The molecule has 11 heteroatoms.